The standard InChI is InChI=1S/C23H30N4O3.HI/c1-4-11-30-20-10-9-16(12-21(20)29-3)14-25-23(24-2)26-15-17-13-22(28)27-19-8-6-5-7-18(17)19;/h5-10,12,17H,4,11,13-15H2,1-3H3,(H,27,28)(H2,24,25,26);1H. The maximum atomic E-state index is 12.0. The summed E-state index contributed by atoms with van der Waals surface area (Å²) in [5.74, 6) is 2.30. The SMILES string of the molecule is CCCOc1ccc(CNC(=NC)NCC2CC(=O)Nc3ccccc32)cc1OC.I. The highest BCUT2D eigenvalue weighted by Gasteiger charge is 2.24. The number of nitrogens with one attached hydrogen (secondary N) is 3. The Morgan fingerprint density at radius 3 is 2.74 bits per heavy atom. The molecule has 0 fully saturated rings. The number of fused-ring (bicyclic) bond motifs is 1. The summed E-state index contributed by atoms with van der Waals surface area (Å²) < 4.78 is 11.2. The van der Waals surface area contributed by atoms with Gasteiger partial charge in [0.2, 0.25) is 5.91 Å². The van der Waals surface area contributed by atoms with E-state index in [1.165, 1.54) is 0 Å². The minimum Gasteiger partial charge on any atom is -0.493 e. The van der Waals surface area contributed by atoms with Gasteiger partial charge in [-0.15, -0.1) is 24.0 Å². The molecule has 1 unspecified atom stereocenters. The molecule has 2 aromatic rings. The lowest BCUT2D eigenvalue weighted by Gasteiger charge is -2.26. The first-order valence-electron chi connectivity index (χ1n) is 10.3. The third-order valence-electron chi connectivity index (χ3n) is 5.00. The molecule has 0 saturated carbocycles. The molecule has 0 radical (unpaired) electrons. The number of hydrogen-bond acceptors (Lipinski definition) is 4. The van der Waals surface area contributed by atoms with Crippen LogP contribution in [0, 0.1) is 0 Å². The minimum absolute atomic E-state index is 0. The molecule has 1 atom stereocenters. The Morgan fingerprint density at radius 2 is 2.00 bits per heavy atom. The molecule has 0 spiro atoms. The average molecular weight is 538 g/mol. The summed E-state index contributed by atoms with van der Waals surface area (Å²) in [6, 6.07) is 13.8. The molecule has 7 nitrogen and oxygen atoms in total. The molecule has 1 amide bonds. The minimum atomic E-state index is 0. The number of anilines is 1. The van der Waals surface area contributed by atoms with E-state index in [9.17, 15) is 4.79 Å². The molecule has 0 saturated heterocycles. The predicted octanol–water partition coefficient (Wildman–Crippen LogP) is 3.89. The molecule has 1 aliphatic rings. The smallest absolute Gasteiger partial charge is 0.225 e. The Bertz CT molecular complexity index is 904. The molecule has 168 valence electrons. The quantitative estimate of drug-likeness (QED) is 0.270. The van der Waals surface area contributed by atoms with Gasteiger partial charge < -0.3 is 25.4 Å². The first-order valence-corrected chi connectivity index (χ1v) is 10.3. The first kappa shape index (κ1) is 24.8. The molecule has 3 rings (SSSR count). The predicted molar refractivity (Wildman–Crippen MR) is 135 cm³/mol. The van der Waals surface area contributed by atoms with E-state index in [4.69, 9.17) is 9.47 Å². The van der Waals surface area contributed by atoms with Crippen LogP contribution in [-0.4, -0.2) is 39.2 Å². The fraction of sp³-hybridized carbons (Fsp3) is 0.391. The molecule has 8 heteroatoms. The van der Waals surface area contributed by atoms with Gasteiger partial charge in [0.1, 0.15) is 0 Å². The number of aliphatic imine (C=N–C) groups is 1. The van der Waals surface area contributed by atoms with Gasteiger partial charge in [0.05, 0.1) is 13.7 Å². The monoisotopic (exact) mass is 538 g/mol. The van der Waals surface area contributed by atoms with E-state index in [0.717, 1.165) is 34.7 Å². The van der Waals surface area contributed by atoms with Gasteiger partial charge in [0.15, 0.2) is 17.5 Å². The number of methoxy groups -OCH3 is 1. The van der Waals surface area contributed by atoms with Crippen molar-refractivity contribution in [2.45, 2.75) is 32.2 Å². The van der Waals surface area contributed by atoms with Crippen molar-refractivity contribution >= 4 is 41.5 Å². The molecule has 0 aromatic heterocycles. The van der Waals surface area contributed by atoms with E-state index in [2.05, 4.69) is 33.9 Å². The highest BCUT2D eigenvalue weighted by molar-refractivity contribution is 14.0. The van der Waals surface area contributed by atoms with Crippen molar-refractivity contribution in [3.8, 4) is 11.5 Å². The Labute approximate surface area is 201 Å². The van der Waals surface area contributed by atoms with Crippen LogP contribution in [0.15, 0.2) is 47.5 Å². The van der Waals surface area contributed by atoms with Gasteiger partial charge >= 0.3 is 0 Å². The number of ether oxygens (including phenoxy) is 2. The topological polar surface area (TPSA) is 84.0 Å². The Balaban J connectivity index is 0.00000341. The molecule has 31 heavy (non-hydrogen) atoms. The second-order valence-electron chi connectivity index (χ2n) is 7.18. The number of amides is 1. The third kappa shape index (κ3) is 6.75. The highest BCUT2D eigenvalue weighted by atomic mass is 127. The van der Waals surface area contributed by atoms with Crippen molar-refractivity contribution < 1.29 is 14.3 Å². The van der Waals surface area contributed by atoms with E-state index in [1.807, 2.05) is 36.4 Å². The summed E-state index contributed by atoms with van der Waals surface area (Å²) >= 11 is 0. The van der Waals surface area contributed by atoms with Gasteiger partial charge in [0, 0.05) is 38.2 Å². The lowest BCUT2D eigenvalue weighted by Crippen LogP contribution is -2.40. The second kappa shape index (κ2) is 12.4. The Morgan fingerprint density at radius 1 is 1.19 bits per heavy atom. The maximum Gasteiger partial charge on any atom is 0.225 e. The lowest BCUT2D eigenvalue weighted by atomic mass is 9.90. The van der Waals surface area contributed by atoms with Crippen molar-refractivity contribution in [2.24, 2.45) is 4.99 Å². The zero-order valence-corrected chi connectivity index (χ0v) is 20.6. The molecule has 3 N–H and O–H groups in total. The number of rotatable bonds is 8. The van der Waals surface area contributed by atoms with Crippen LogP contribution >= 0.6 is 24.0 Å². The molecule has 1 heterocycles. The average Bonchev–Trinajstić information content (AvgIpc) is 2.77. The number of benzene rings is 2. The Hall–Kier alpha value is -2.49. The van der Waals surface area contributed by atoms with Crippen molar-refractivity contribution in [3.05, 3.63) is 53.6 Å². The van der Waals surface area contributed by atoms with Gasteiger partial charge in [-0.2, -0.15) is 0 Å². The molecule has 0 aliphatic carbocycles. The molecule has 0 bridgehead atoms. The van der Waals surface area contributed by atoms with Crippen LogP contribution in [0.5, 0.6) is 11.5 Å². The van der Waals surface area contributed by atoms with Crippen LogP contribution in [0.25, 0.3) is 0 Å². The highest BCUT2D eigenvalue weighted by Crippen LogP contribution is 2.31. The summed E-state index contributed by atoms with van der Waals surface area (Å²) in [5.41, 5.74) is 3.09. The van der Waals surface area contributed by atoms with Crippen LogP contribution in [0.1, 0.15) is 36.8 Å². The summed E-state index contributed by atoms with van der Waals surface area (Å²) in [5, 5.41) is 9.59. The fourth-order valence-electron chi connectivity index (χ4n) is 3.46. The van der Waals surface area contributed by atoms with Crippen LogP contribution in [-0.2, 0) is 11.3 Å². The molecular formula is C23H31IN4O3. The van der Waals surface area contributed by atoms with E-state index in [0.29, 0.717) is 32.1 Å². The van der Waals surface area contributed by atoms with Gasteiger partial charge in [-0.3, -0.25) is 9.79 Å². The zero-order valence-electron chi connectivity index (χ0n) is 18.2. The number of halogens is 1. The van der Waals surface area contributed by atoms with Crippen molar-refractivity contribution in [1.82, 2.24) is 10.6 Å². The summed E-state index contributed by atoms with van der Waals surface area (Å²) in [6.45, 7) is 3.94. The lowest BCUT2D eigenvalue weighted by molar-refractivity contribution is -0.116. The van der Waals surface area contributed by atoms with Gasteiger partial charge in [-0.25, -0.2) is 0 Å². The van der Waals surface area contributed by atoms with Crippen LogP contribution in [0.3, 0.4) is 0 Å². The molecular weight excluding hydrogens is 507 g/mol. The third-order valence-corrected chi connectivity index (χ3v) is 5.00. The summed E-state index contributed by atoms with van der Waals surface area (Å²) in [6.07, 6.45) is 1.40. The van der Waals surface area contributed by atoms with E-state index < -0.39 is 0 Å². The fourth-order valence-corrected chi connectivity index (χ4v) is 3.46. The maximum absolute atomic E-state index is 12.0. The Kier molecular flexibility index (Phi) is 9.90. The van der Waals surface area contributed by atoms with Crippen molar-refractivity contribution in [1.29, 1.82) is 0 Å². The van der Waals surface area contributed by atoms with Crippen LogP contribution in [0.4, 0.5) is 5.69 Å². The first-order chi connectivity index (χ1) is 14.6. The number of hydrogen-bond donors (Lipinski definition) is 3. The zero-order chi connectivity index (χ0) is 21.3. The van der Waals surface area contributed by atoms with Gasteiger partial charge in [0.25, 0.3) is 0 Å². The van der Waals surface area contributed by atoms with E-state index >= 15 is 0 Å². The van der Waals surface area contributed by atoms with Crippen LogP contribution < -0.4 is 25.4 Å². The van der Waals surface area contributed by atoms with Gasteiger partial charge in [-0.1, -0.05) is 31.2 Å². The van der Waals surface area contributed by atoms with Crippen molar-refractivity contribution in [2.75, 3.05) is 32.6 Å². The van der Waals surface area contributed by atoms with Crippen molar-refractivity contribution in [3.63, 3.8) is 0 Å². The molecule has 1 aliphatic heterocycles. The normalized spacial score (nSPS) is 15.3. The number of guanidine groups is 1. The van der Waals surface area contributed by atoms with Gasteiger partial charge in [-0.05, 0) is 35.7 Å². The summed E-state index contributed by atoms with van der Waals surface area (Å²) in [7, 11) is 3.38. The number of nitrogens with zero attached hydrogens (tertiary/aromatic N) is 1. The molecule has 2 aromatic carbocycles. The number of carbonyl (C=O) groups excluding carboxylic acids is 1. The number of carbonyl (C=O) groups is 1. The number of para-hydroxylation sites is 1. The largest absolute Gasteiger partial charge is 0.493 e. The second-order valence-corrected chi connectivity index (χ2v) is 7.18. The van der Waals surface area contributed by atoms with E-state index in [-0.39, 0.29) is 35.8 Å². The van der Waals surface area contributed by atoms with Crippen LogP contribution in [0.2, 0.25) is 0 Å². The van der Waals surface area contributed by atoms with E-state index in [1.54, 1.807) is 14.2 Å². The summed E-state index contributed by atoms with van der Waals surface area (Å²) in [4.78, 5) is 16.3.